The fraction of sp³-hybridized carbons (Fsp3) is 0.167. The summed E-state index contributed by atoms with van der Waals surface area (Å²) in [6.07, 6.45) is -0.719. The van der Waals surface area contributed by atoms with Gasteiger partial charge in [0, 0.05) is 23.1 Å². The van der Waals surface area contributed by atoms with E-state index in [2.05, 4.69) is 5.10 Å². The highest BCUT2D eigenvalue weighted by molar-refractivity contribution is 6.31. The van der Waals surface area contributed by atoms with Gasteiger partial charge < -0.3 is 14.2 Å². The van der Waals surface area contributed by atoms with E-state index in [4.69, 9.17) is 25.8 Å². The number of halogens is 1. The smallest absolute Gasteiger partial charge is 0.243 e. The normalized spacial score (nSPS) is 15.3. The second-order valence-electron chi connectivity index (χ2n) is 6.93. The third-order valence-corrected chi connectivity index (χ3v) is 4.98. The molecule has 3 aromatic rings. The zero-order valence-corrected chi connectivity index (χ0v) is 17.9. The van der Waals surface area contributed by atoms with Crippen LogP contribution in [0.5, 0.6) is 11.5 Å². The Morgan fingerprint density at radius 3 is 2.58 bits per heavy atom. The standard InChI is InChI=1S/C24H21ClN2O4/c1-16(28)27-24(31-23(26-27)18-9-6-10-20(25)13-18)19-11-12-21(22(14-19)29-2)30-15-17-7-4-3-5-8-17/h3-14,24H,15H2,1-2H3. The summed E-state index contributed by atoms with van der Waals surface area (Å²) in [6.45, 7) is 1.85. The molecule has 1 amide bonds. The van der Waals surface area contributed by atoms with Crippen LogP contribution in [0.25, 0.3) is 0 Å². The van der Waals surface area contributed by atoms with Crippen LogP contribution >= 0.6 is 11.6 Å². The Morgan fingerprint density at radius 1 is 1.06 bits per heavy atom. The fourth-order valence-electron chi connectivity index (χ4n) is 3.21. The number of nitrogens with zero attached hydrogens (tertiary/aromatic N) is 2. The topological polar surface area (TPSA) is 60.4 Å². The van der Waals surface area contributed by atoms with Crippen molar-refractivity contribution in [1.29, 1.82) is 0 Å². The molecule has 4 rings (SSSR count). The molecule has 0 spiro atoms. The zero-order valence-electron chi connectivity index (χ0n) is 17.1. The van der Waals surface area contributed by atoms with E-state index in [0.717, 1.165) is 5.56 Å². The molecular formula is C24H21ClN2O4. The van der Waals surface area contributed by atoms with Gasteiger partial charge in [-0.1, -0.05) is 48.0 Å². The molecule has 0 fully saturated rings. The lowest BCUT2D eigenvalue weighted by Crippen LogP contribution is -2.25. The van der Waals surface area contributed by atoms with Crippen molar-refractivity contribution in [2.45, 2.75) is 19.8 Å². The van der Waals surface area contributed by atoms with Crippen molar-refractivity contribution in [2.24, 2.45) is 5.10 Å². The molecule has 1 heterocycles. The molecule has 0 bridgehead atoms. The van der Waals surface area contributed by atoms with Crippen LogP contribution in [0.3, 0.4) is 0 Å². The van der Waals surface area contributed by atoms with Gasteiger partial charge >= 0.3 is 0 Å². The molecule has 0 saturated carbocycles. The van der Waals surface area contributed by atoms with Crippen LogP contribution in [0.1, 0.15) is 29.8 Å². The van der Waals surface area contributed by atoms with Crippen molar-refractivity contribution in [2.75, 3.05) is 7.11 Å². The summed E-state index contributed by atoms with van der Waals surface area (Å²) in [7, 11) is 1.57. The van der Waals surface area contributed by atoms with Gasteiger partial charge in [0.1, 0.15) is 6.61 Å². The molecule has 0 aromatic heterocycles. The Bertz CT molecular complexity index is 1120. The van der Waals surface area contributed by atoms with E-state index in [1.165, 1.54) is 11.9 Å². The summed E-state index contributed by atoms with van der Waals surface area (Å²) >= 11 is 6.09. The number of hydrogen-bond acceptors (Lipinski definition) is 5. The Labute approximate surface area is 185 Å². The van der Waals surface area contributed by atoms with Gasteiger partial charge in [-0.15, -0.1) is 5.10 Å². The number of hydrazone groups is 1. The maximum Gasteiger partial charge on any atom is 0.243 e. The molecular weight excluding hydrogens is 416 g/mol. The third-order valence-electron chi connectivity index (χ3n) is 4.75. The number of hydrogen-bond donors (Lipinski definition) is 0. The minimum Gasteiger partial charge on any atom is -0.493 e. The monoisotopic (exact) mass is 436 g/mol. The summed E-state index contributed by atoms with van der Waals surface area (Å²) in [5.74, 6) is 1.21. The van der Waals surface area contributed by atoms with Crippen LogP contribution in [0.2, 0.25) is 5.02 Å². The molecule has 31 heavy (non-hydrogen) atoms. The van der Waals surface area contributed by atoms with Gasteiger partial charge in [0.05, 0.1) is 7.11 Å². The maximum absolute atomic E-state index is 12.2. The zero-order chi connectivity index (χ0) is 21.8. The molecule has 6 nitrogen and oxygen atoms in total. The second-order valence-corrected chi connectivity index (χ2v) is 7.37. The first-order valence-electron chi connectivity index (χ1n) is 9.71. The molecule has 158 valence electrons. The molecule has 0 N–H and O–H groups in total. The van der Waals surface area contributed by atoms with Gasteiger partial charge in [-0.2, -0.15) is 5.01 Å². The van der Waals surface area contributed by atoms with E-state index in [-0.39, 0.29) is 5.91 Å². The summed E-state index contributed by atoms with van der Waals surface area (Å²) in [5, 5.41) is 6.22. The average Bonchev–Trinajstić information content (AvgIpc) is 3.24. The first kappa shape index (κ1) is 20.8. The van der Waals surface area contributed by atoms with Gasteiger partial charge in [0.25, 0.3) is 0 Å². The van der Waals surface area contributed by atoms with E-state index in [1.54, 1.807) is 37.4 Å². The molecule has 0 saturated heterocycles. The van der Waals surface area contributed by atoms with E-state index < -0.39 is 6.23 Å². The van der Waals surface area contributed by atoms with Crippen molar-refractivity contribution in [3.63, 3.8) is 0 Å². The Morgan fingerprint density at radius 2 is 1.87 bits per heavy atom. The summed E-state index contributed by atoms with van der Waals surface area (Å²) < 4.78 is 17.5. The van der Waals surface area contributed by atoms with Gasteiger partial charge in [-0.05, 0) is 42.0 Å². The lowest BCUT2D eigenvalue weighted by molar-refractivity contribution is -0.135. The molecule has 7 heteroatoms. The molecule has 3 aromatic carbocycles. The van der Waals surface area contributed by atoms with Gasteiger partial charge in [0.2, 0.25) is 18.0 Å². The number of benzene rings is 3. The van der Waals surface area contributed by atoms with Crippen LogP contribution < -0.4 is 9.47 Å². The van der Waals surface area contributed by atoms with Crippen LogP contribution in [0.4, 0.5) is 0 Å². The van der Waals surface area contributed by atoms with Crippen LogP contribution in [0.15, 0.2) is 77.9 Å². The Hall–Kier alpha value is -3.51. The van der Waals surface area contributed by atoms with E-state index in [1.807, 2.05) is 42.5 Å². The van der Waals surface area contributed by atoms with Crippen molar-refractivity contribution < 1.29 is 19.0 Å². The van der Waals surface area contributed by atoms with Crippen molar-refractivity contribution in [3.8, 4) is 11.5 Å². The number of carbonyl (C=O) groups is 1. The van der Waals surface area contributed by atoms with Gasteiger partial charge in [-0.3, -0.25) is 4.79 Å². The first-order chi connectivity index (χ1) is 15.0. The predicted molar refractivity (Wildman–Crippen MR) is 118 cm³/mol. The van der Waals surface area contributed by atoms with Crippen LogP contribution in [-0.4, -0.2) is 23.9 Å². The van der Waals surface area contributed by atoms with E-state index >= 15 is 0 Å². The molecule has 1 unspecified atom stereocenters. The lowest BCUT2D eigenvalue weighted by atomic mass is 10.1. The highest BCUT2D eigenvalue weighted by Crippen LogP contribution is 2.36. The quantitative estimate of drug-likeness (QED) is 0.535. The molecule has 1 aliphatic rings. The van der Waals surface area contributed by atoms with Crippen LogP contribution in [0, 0.1) is 0 Å². The second kappa shape index (κ2) is 9.10. The third kappa shape index (κ3) is 4.64. The SMILES string of the molecule is COc1cc(C2OC(c3cccc(Cl)c3)=NN2C(C)=O)ccc1OCc1ccccc1. The molecule has 0 aliphatic carbocycles. The summed E-state index contributed by atoms with van der Waals surface area (Å²) in [5.41, 5.74) is 2.45. The van der Waals surface area contributed by atoms with Gasteiger partial charge in [0.15, 0.2) is 11.5 Å². The highest BCUT2D eigenvalue weighted by Gasteiger charge is 2.33. The number of ether oxygens (including phenoxy) is 3. The number of carbonyl (C=O) groups excluding carboxylic acids is 1. The largest absolute Gasteiger partial charge is 0.493 e. The Balaban J connectivity index is 1.57. The predicted octanol–water partition coefficient (Wildman–Crippen LogP) is 5.17. The van der Waals surface area contributed by atoms with Gasteiger partial charge in [-0.25, -0.2) is 0 Å². The number of rotatable bonds is 6. The summed E-state index contributed by atoms with van der Waals surface area (Å²) in [4.78, 5) is 12.2. The van der Waals surface area contributed by atoms with Crippen molar-refractivity contribution >= 4 is 23.4 Å². The van der Waals surface area contributed by atoms with Crippen LogP contribution in [-0.2, 0) is 16.1 Å². The lowest BCUT2D eigenvalue weighted by Gasteiger charge is -2.20. The molecule has 1 atom stereocenters. The summed E-state index contributed by atoms with van der Waals surface area (Å²) in [6, 6.07) is 22.4. The van der Waals surface area contributed by atoms with E-state index in [0.29, 0.717) is 40.2 Å². The van der Waals surface area contributed by atoms with Crippen molar-refractivity contribution in [3.05, 3.63) is 94.5 Å². The van der Waals surface area contributed by atoms with E-state index in [9.17, 15) is 4.79 Å². The number of methoxy groups -OCH3 is 1. The fourth-order valence-corrected chi connectivity index (χ4v) is 3.40. The highest BCUT2D eigenvalue weighted by atomic mass is 35.5. The molecule has 1 aliphatic heterocycles. The van der Waals surface area contributed by atoms with Crippen molar-refractivity contribution in [1.82, 2.24) is 5.01 Å². The number of amides is 1. The molecule has 0 radical (unpaired) electrons. The average molecular weight is 437 g/mol. The maximum atomic E-state index is 12.2. The Kier molecular flexibility index (Phi) is 6.09. The first-order valence-corrected chi connectivity index (χ1v) is 10.1. The minimum atomic E-state index is -0.719. The minimum absolute atomic E-state index is 0.245.